The van der Waals surface area contributed by atoms with Crippen LogP contribution in [0.5, 0.6) is 11.6 Å². The maximum absolute atomic E-state index is 13.4. The average molecular weight is 245 g/mol. The lowest BCUT2D eigenvalue weighted by Gasteiger charge is -2.07. The zero-order chi connectivity index (χ0) is 12.5. The third-order valence-corrected chi connectivity index (χ3v) is 2.73. The molecule has 1 fully saturated rings. The van der Waals surface area contributed by atoms with Crippen molar-refractivity contribution in [3.05, 3.63) is 42.0 Å². The van der Waals surface area contributed by atoms with E-state index in [2.05, 4.69) is 9.97 Å². The molecule has 0 saturated heterocycles. The lowest BCUT2D eigenvalue weighted by atomic mass is 10.3. The first kappa shape index (κ1) is 11.0. The molecule has 0 unspecified atom stereocenters. The highest BCUT2D eigenvalue weighted by atomic mass is 19.1. The standard InChI is InChI=1S/C13H12FN3O/c14-9-3-1-2-4-10(9)18-12-7-11(15)16-13(17-12)8-5-6-8/h1-4,7-8H,5-6H2,(H2,15,16,17). The molecule has 92 valence electrons. The molecule has 4 nitrogen and oxygen atoms in total. The van der Waals surface area contributed by atoms with Crippen LogP contribution in [0.1, 0.15) is 24.6 Å². The van der Waals surface area contributed by atoms with E-state index in [1.165, 1.54) is 12.1 Å². The lowest BCUT2D eigenvalue weighted by molar-refractivity contribution is 0.425. The van der Waals surface area contributed by atoms with E-state index >= 15 is 0 Å². The van der Waals surface area contributed by atoms with Gasteiger partial charge in [-0.1, -0.05) is 12.1 Å². The Kier molecular flexibility index (Phi) is 2.59. The number of ether oxygens (including phenoxy) is 1. The maximum atomic E-state index is 13.4. The molecule has 2 aromatic rings. The molecule has 0 aliphatic heterocycles. The molecule has 0 bridgehead atoms. The van der Waals surface area contributed by atoms with Gasteiger partial charge in [0.25, 0.3) is 0 Å². The predicted octanol–water partition coefficient (Wildman–Crippen LogP) is 2.87. The fourth-order valence-corrected chi connectivity index (χ4v) is 1.68. The number of rotatable bonds is 3. The Labute approximate surface area is 104 Å². The number of nitrogens with two attached hydrogens (primary N) is 1. The summed E-state index contributed by atoms with van der Waals surface area (Å²) in [5.41, 5.74) is 5.69. The van der Waals surface area contributed by atoms with E-state index in [4.69, 9.17) is 10.5 Å². The number of hydrogen-bond acceptors (Lipinski definition) is 4. The Morgan fingerprint density at radius 3 is 2.72 bits per heavy atom. The minimum absolute atomic E-state index is 0.136. The maximum Gasteiger partial charge on any atom is 0.224 e. The summed E-state index contributed by atoms with van der Waals surface area (Å²) in [4.78, 5) is 8.40. The van der Waals surface area contributed by atoms with Crippen molar-refractivity contribution in [2.75, 3.05) is 5.73 Å². The van der Waals surface area contributed by atoms with E-state index in [0.717, 1.165) is 12.8 Å². The van der Waals surface area contributed by atoms with Gasteiger partial charge < -0.3 is 10.5 Å². The van der Waals surface area contributed by atoms with Crippen LogP contribution in [-0.2, 0) is 0 Å². The Bertz CT molecular complexity index is 584. The Hall–Kier alpha value is -2.17. The summed E-state index contributed by atoms with van der Waals surface area (Å²) in [6.07, 6.45) is 2.14. The number of halogens is 1. The van der Waals surface area contributed by atoms with Crippen molar-refractivity contribution in [3.8, 4) is 11.6 Å². The van der Waals surface area contributed by atoms with E-state index in [1.54, 1.807) is 18.2 Å². The summed E-state index contributed by atoms with van der Waals surface area (Å²) >= 11 is 0. The van der Waals surface area contributed by atoms with Gasteiger partial charge in [0, 0.05) is 12.0 Å². The summed E-state index contributed by atoms with van der Waals surface area (Å²) in [6.45, 7) is 0. The normalized spacial score (nSPS) is 14.5. The lowest BCUT2D eigenvalue weighted by Crippen LogP contribution is -2.00. The quantitative estimate of drug-likeness (QED) is 0.903. The van der Waals surface area contributed by atoms with Gasteiger partial charge >= 0.3 is 0 Å². The summed E-state index contributed by atoms with van der Waals surface area (Å²) in [5, 5.41) is 0. The molecule has 1 saturated carbocycles. The summed E-state index contributed by atoms with van der Waals surface area (Å²) < 4.78 is 18.9. The smallest absolute Gasteiger partial charge is 0.224 e. The van der Waals surface area contributed by atoms with Gasteiger partial charge in [-0.15, -0.1) is 0 Å². The largest absolute Gasteiger partial charge is 0.436 e. The van der Waals surface area contributed by atoms with Crippen molar-refractivity contribution in [2.45, 2.75) is 18.8 Å². The number of aromatic nitrogens is 2. The van der Waals surface area contributed by atoms with Crippen molar-refractivity contribution < 1.29 is 9.13 Å². The van der Waals surface area contributed by atoms with Gasteiger partial charge in [-0.3, -0.25) is 0 Å². The van der Waals surface area contributed by atoms with E-state index in [0.29, 0.717) is 17.6 Å². The van der Waals surface area contributed by atoms with Gasteiger partial charge in [0.2, 0.25) is 5.88 Å². The number of para-hydroxylation sites is 1. The van der Waals surface area contributed by atoms with E-state index in [9.17, 15) is 4.39 Å². The Balaban J connectivity index is 1.90. The van der Waals surface area contributed by atoms with E-state index < -0.39 is 5.82 Å². The van der Waals surface area contributed by atoms with Gasteiger partial charge in [-0.05, 0) is 25.0 Å². The molecule has 0 spiro atoms. The molecule has 1 aliphatic carbocycles. The van der Waals surface area contributed by atoms with Gasteiger partial charge in [-0.2, -0.15) is 4.98 Å². The summed E-state index contributed by atoms with van der Waals surface area (Å²) in [5.74, 6) is 1.39. The van der Waals surface area contributed by atoms with Gasteiger partial charge in [0.1, 0.15) is 11.6 Å². The fourth-order valence-electron chi connectivity index (χ4n) is 1.68. The molecular formula is C13H12FN3O. The van der Waals surface area contributed by atoms with Gasteiger partial charge in [-0.25, -0.2) is 9.37 Å². The molecule has 1 aromatic carbocycles. The van der Waals surface area contributed by atoms with Gasteiger partial charge in [0.15, 0.2) is 11.6 Å². The van der Waals surface area contributed by atoms with Crippen molar-refractivity contribution in [3.63, 3.8) is 0 Å². The first-order chi connectivity index (χ1) is 8.72. The number of hydrogen-bond donors (Lipinski definition) is 1. The van der Waals surface area contributed by atoms with Crippen molar-refractivity contribution in [1.82, 2.24) is 9.97 Å². The second-order valence-electron chi connectivity index (χ2n) is 4.30. The van der Waals surface area contributed by atoms with Crippen LogP contribution in [0.15, 0.2) is 30.3 Å². The molecule has 5 heteroatoms. The Morgan fingerprint density at radius 2 is 2.00 bits per heavy atom. The topological polar surface area (TPSA) is 61.0 Å². The first-order valence-corrected chi connectivity index (χ1v) is 5.79. The minimum atomic E-state index is -0.428. The second-order valence-corrected chi connectivity index (χ2v) is 4.30. The van der Waals surface area contributed by atoms with Crippen LogP contribution in [-0.4, -0.2) is 9.97 Å². The number of benzene rings is 1. The molecule has 1 aliphatic rings. The predicted molar refractivity (Wildman–Crippen MR) is 64.9 cm³/mol. The van der Waals surface area contributed by atoms with Crippen LogP contribution < -0.4 is 10.5 Å². The molecule has 1 aromatic heterocycles. The highest BCUT2D eigenvalue weighted by Crippen LogP contribution is 2.39. The monoisotopic (exact) mass is 245 g/mol. The highest BCUT2D eigenvalue weighted by Gasteiger charge is 2.27. The SMILES string of the molecule is Nc1cc(Oc2ccccc2F)nc(C2CC2)n1. The number of nitrogen functional groups attached to an aromatic ring is 1. The molecule has 18 heavy (non-hydrogen) atoms. The molecule has 0 radical (unpaired) electrons. The van der Waals surface area contributed by atoms with Crippen molar-refractivity contribution >= 4 is 5.82 Å². The van der Waals surface area contributed by atoms with Crippen LogP contribution in [0.25, 0.3) is 0 Å². The van der Waals surface area contributed by atoms with E-state index in [-0.39, 0.29) is 11.6 Å². The average Bonchev–Trinajstić information content (AvgIpc) is 3.15. The summed E-state index contributed by atoms with van der Waals surface area (Å²) in [7, 11) is 0. The zero-order valence-corrected chi connectivity index (χ0v) is 9.64. The van der Waals surface area contributed by atoms with Gasteiger partial charge in [0.05, 0.1) is 0 Å². The third-order valence-electron chi connectivity index (χ3n) is 2.73. The first-order valence-electron chi connectivity index (χ1n) is 5.79. The molecule has 1 heterocycles. The van der Waals surface area contributed by atoms with Crippen LogP contribution in [0.4, 0.5) is 10.2 Å². The Morgan fingerprint density at radius 1 is 1.22 bits per heavy atom. The van der Waals surface area contributed by atoms with Crippen LogP contribution >= 0.6 is 0 Å². The molecule has 0 atom stereocenters. The fraction of sp³-hybridized carbons (Fsp3) is 0.231. The molecular weight excluding hydrogens is 233 g/mol. The highest BCUT2D eigenvalue weighted by molar-refractivity contribution is 5.37. The van der Waals surface area contributed by atoms with Crippen LogP contribution in [0.3, 0.4) is 0 Å². The molecule has 2 N–H and O–H groups in total. The number of anilines is 1. The molecule has 3 rings (SSSR count). The third kappa shape index (κ3) is 2.25. The second kappa shape index (κ2) is 4.25. The van der Waals surface area contributed by atoms with E-state index in [1.807, 2.05) is 0 Å². The number of nitrogens with zero attached hydrogens (tertiary/aromatic N) is 2. The van der Waals surface area contributed by atoms with Crippen molar-refractivity contribution in [2.24, 2.45) is 0 Å². The minimum Gasteiger partial charge on any atom is -0.436 e. The van der Waals surface area contributed by atoms with Crippen LogP contribution in [0, 0.1) is 5.82 Å². The van der Waals surface area contributed by atoms with Crippen molar-refractivity contribution in [1.29, 1.82) is 0 Å². The molecule has 0 amide bonds. The van der Waals surface area contributed by atoms with Crippen LogP contribution in [0.2, 0.25) is 0 Å². The summed E-state index contributed by atoms with van der Waals surface area (Å²) in [6, 6.07) is 7.68. The zero-order valence-electron chi connectivity index (χ0n) is 9.64.